The first-order valence-electron chi connectivity index (χ1n) is 10.6. The summed E-state index contributed by atoms with van der Waals surface area (Å²) in [5.41, 5.74) is 0.543. The van der Waals surface area contributed by atoms with E-state index in [1.807, 2.05) is 0 Å². The number of nitrogens with zero attached hydrogens (tertiary/aromatic N) is 2. The zero-order chi connectivity index (χ0) is 21.3. The van der Waals surface area contributed by atoms with E-state index in [9.17, 15) is 8.78 Å². The molecule has 1 aromatic rings. The first kappa shape index (κ1) is 22.4. The fourth-order valence-electron chi connectivity index (χ4n) is 3.87. The maximum atomic E-state index is 12.8. The lowest BCUT2D eigenvalue weighted by atomic mass is 10.0. The molecule has 30 heavy (non-hydrogen) atoms. The maximum absolute atomic E-state index is 12.8. The topological polar surface area (TPSA) is 67.4 Å². The molecular weight excluding hydrogens is 394 g/mol. The van der Waals surface area contributed by atoms with Crippen LogP contribution in [0.15, 0.2) is 17.1 Å². The van der Waals surface area contributed by atoms with E-state index < -0.39 is 6.61 Å². The van der Waals surface area contributed by atoms with Crippen molar-refractivity contribution in [3.63, 3.8) is 0 Å². The number of unbranched alkanes of at least 4 members (excludes halogenated alkanes) is 1. The van der Waals surface area contributed by atoms with Crippen molar-refractivity contribution in [1.29, 1.82) is 0 Å². The van der Waals surface area contributed by atoms with E-state index in [0.717, 1.165) is 31.8 Å². The van der Waals surface area contributed by atoms with Gasteiger partial charge in [0, 0.05) is 38.3 Å². The summed E-state index contributed by atoms with van der Waals surface area (Å²) < 4.78 is 40.7. The van der Waals surface area contributed by atoms with Crippen molar-refractivity contribution in [1.82, 2.24) is 15.5 Å². The van der Waals surface area contributed by atoms with Gasteiger partial charge in [0.25, 0.3) is 0 Å². The van der Waals surface area contributed by atoms with Gasteiger partial charge in [0.1, 0.15) is 5.75 Å². The van der Waals surface area contributed by atoms with Crippen LogP contribution in [0.1, 0.15) is 38.2 Å². The Labute approximate surface area is 176 Å². The Balaban J connectivity index is 1.43. The summed E-state index contributed by atoms with van der Waals surface area (Å²) in [5.74, 6) is 2.40. The molecule has 1 saturated heterocycles. The van der Waals surface area contributed by atoms with Crippen LogP contribution in [-0.4, -0.2) is 57.5 Å². The van der Waals surface area contributed by atoms with Crippen molar-refractivity contribution in [3.8, 4) is 17.2 Å². The molecule has 2 heterocycles. The first-order chi connectivity index (χ1) is 14.5. The number of hydrogen-bond acceptors (Lipinski definition) is 5. The Morgan fingerprint density at radius 3 is 2.80 bits per heavy atom. The van der Waals surface area contributed by atoms with Crippen molar-refractivity contribution in [2.45, 2.75) is 45.8 Å². The number of piperidine rings is 1. The minimum atomic E-state index is -2.91. The van der Waals surface area contributed by atoms with Crippen LogP contribution in [0.2, 0.25) is 0 Å². The van der Waals surface area contributed by atoms with Crippen LogP contribution in [0.4, 0.5) is 8.78 Å². The van der Waals surface area contributed by atoms with Gasteiger partial charge in [-0.25, -0.2) is 0 Å². The zero-order valence-corrected chi connectivity index (χ0v) is 17.8. The van der Waals surface area contributed by atoms with Crippen molar-refractivity contribution < 1.29 is 23.0 Å². The minimum Gasteiger partial charge on any atom is -0.454 e. The van der Waals surface area contributed by atoms with Gasteiger partial charge >= 0.3 is 6.61 Å². The Morgan fingerprint density at radius 2 is 2.07 bits per heavy atom. The second-order valence-electron chi connectivity index (χ2n) is 7.80. The van der Waals surface area contributed by atoms with Crippen LogP contribution in [-0.2, 0) is 6.54 Å². The predicted octanol–water partition coefficient (Wildman–Crippen LogP) is 3.19. The van der Waals surface area contributed by atoms with Gasteiger partial charge in [0.15, 0.2) is 17.5 Å². The van der Waals surface area contributed by atoms with Crippen molar-refractivity contribution >= 4 is 5.96 Å². The molecule has 0 spiro atoms. The lowest BCUT2D eigenvalue weighted by Crippen LogP contribution is -2.38. The van der Waals surface area contributed by atoms with E-state index in [4.69, 9.17) is 9.47 Å². The Kier molecular flexibility index (Phi) is 8.36. The average Bonchev–Trinajstić information content (AvgIpc) is 3.16. The molecule has 2 aliphatic rings. The standard InChI is InChI=1S/C21H32F2N4O3/c1-15-6-5-9-27(13-15)8-4-3-7-25-21(24-2)26-12-16-10-18-19(29-14-28-18)11-17(16)30-20(22)23/h10-11,15,20H,3-9,12-14H2,1-2H3,(H2,24,25,26). The third-order valence-corrected chi connectivity index (χ3v) is 5.38. The molecule has 9 heteroatoms. The van der Waals surface area contributed by atoms with E-state index in [2.05, 4.69) is 32.2 Å². The fourth-order valence-corrected chi connectivity index (χ4v) is 3.87. The van der Waals surface area contributed by atoms with E-state index in [0.29, 0.717) is 23.0 Å². The molecule has 0 radical (unpaired) electrons. The summed E-state index contributed by atoms with van der Waals surface area (Å²) in [4.78, 5) is 6.75. The molecule has 7 nitrogen and oxygen atoms in total. The van der Waals surface area contributed by atoms with Crippen molar-refractivity contribution in [2.75, 3.05) is 40.0 Å². The lowest BCUT2D eigenvalue weighted by molar-refractivity contribution is -0.0505. The van der Waals surface area contributed by atoms with Gasteiger partial charge in [-0.2, -0.15) is 8.78 Å². The van der Waals surface area contributed by atoms with Gasteiger partial charge in [0.05, 0.1) is 0 Å². The number of benzene rings is 1. The normalized spacial score (nSPS) is 19.2. The van der Waals surface area contributed by atoms with Crippen LogP contribution < -0.4 is 24.8 Å². The van der Waals surface area contributed by atoms with Gasteiger partial charge in [0.2, 0.25) is 6.79 Å². The molecule has 2 aliphatic heterocycles. The number of aliphatic imine (C=N–C) groups is 1. The third-order valence-electron chi connectivity index (χ3n) is 5.38. The number of ether oxygens (including phenoxy) is 3. The molecule has 3 rings (SSSR count). The molecular formula is C21H32F2N4O3. The molecule has 1 unspecified atom stereocenters. The highest BCUT2D eigenvalue weighted by molar-refractivity contribution is 5.79. The molecule has 1 fully saturated rings. The number of alkyl halides is 2. The summed E-state index contributed by atoms with van der Waals surface area (Å²) >= 11 is 0. The van der Waals surface area contributed by atoms with E-state index >= 15 is 0 Å². The van der Waals surface area contributed by atoms with Gasteiger partial charge in [-0.1, -0.05) is 6.92 Å². The fraction of sp³-hybridized carbons (Fsp3) is 0.667. The number of fused-ring (bicyclic) bond motifs is 1. The van der Waals surface area contributed by atoms with Crippen LogP contribution in [0.25, 0.3) is 0 Å². The highest BCUT2D eigenvalue weighted by Crippen LogP contribution is 2.38. The molecule has 0 saturated carbocycles. The molecule has 168 valence electrons. The Hall–Kier alpha value is -2.29. The second kappa shape index (κ2) is 11.2. The molecule has 0 amide bonds. The van der Waals surface area contributed by atoms with Gasteiger partial charge in [-0.15, -0.1) is 0 Å². The quantitative estimate of drug-likeness (QED) is 0.359. The van der Waals surface area contributed by atoms with Crippen LogP contribution in [0.3, 0.4) is 0 Å². The first-order valence-corrected chi connectivity index (χ1v) is 10.6. The molecule has 1 aromatic carbocycles. The molecule has 0 bridgehead atoms. The Morgan fingerprint density at radius 1 is 1.27 bits per heavy atom. The minimum absolute atomic E-state index is 0.0629. The SMILES string of the molecule is CN=C(NCCCCN1CCCC(C)C1)NCc1cc2c(cc1OC(F)F)OCO2. The predicted molar refractivity (Wildman–Crippen MR) is 111 cm³/mol. The molecule has 1 atom stereocenters. The number of halogens is 2. The lowest BCUT2D eigenvalue weighted by Gasteiger charge is -2.30. The highest BCUT2D eigenvalue weighted by atomic mass is 19.3. The summed E-state index contributed by atoms with van der Waals surface area (Å²) in [5, 5.41) is 6.42. The summed E-state index contributed by atoms with van der Waals surface area (Å²) in [6.45, 7) is 4.08. The largest absolute Gasteiger partial charge is 0.454 e. The number of rotatable bonds is 9. The van der Waals surface area contributed by atoms with Crippen molar-refractivity contribution in [2.24, 2.45) is 10.9 Å². The molecule has 0 aromatic heterocycles. The zero-order valence-electron chi connectivity index (χ0n) is 17.8. The number of nitrogens with one attached hydrogen (secondary N) is 2. The second-order valence-corrected chi connectivity index (χ2v) is 7.80. The third kappa shape index (κ3) is 6.62. The van der Waals surface area contributed by atoms with Crippen molar-refractivity contribution in [3.05, 3.63) is 17.7 Å². The van der Waals surface area contributed by atoms with E-state index in [1.54, 1.807) is 13.1 Å². The van der Waals surface area contributed by atoms with Crippen LogP contribution in [0, 0.1) is 5.92 Å². The molecule has 0 aliphatic carbocycles. The van der Waals surface area contributed by atoms with E-state index in [-0.39, 0.29) is 19.1 Å². The van der Waals surface area contributed by atoms with Crippen LogP contribution in [0.5, 0.6) is 17.2 Å². The number of likely N-dealkylation sites (tertiary alicyclic amines) is 1. The van der Waals surface area contributed by atoms with Gasteiger partial charge < -0.3 is 29.7 Å². The summed E-state index contributed by atoms with van der Waals surface area (Å²) in [7, 11) is 1.68. The maximum Gasteiger partial charge on any atom is 0.387 e. The average molecular weight is 427 g/mol. The Bertz CT molecular complexity index is 718. The number of guanidine groups is 1. The van der Waals surface area contributed by atoms with Crippen LogP contribution >= 0.6 is 0 Å². The summed E-state index contributed by atoms with van der Waals surface area (Å²) in [6.07, 6.45) is 4.81. The summed E-state index contributed by atoms with van der Waals surface area (Å²) in [6, 6.07) is 3.09. The molecule has 2 N–H and O–H groups in total. The monoisotopic (exact) mass is 426 g/mol. The highest BCUT2D eigenvalue weighted by Gasteiger charge is 2.20. The van der Waals surface area contributed by atoms with Gasteiger partial charge in [-0.05, 0) is 50.8 Å². The van der Waals surface area contributed by atoms with E-state index in [1.165, 1.54) is 32.0 Å². The number of hydrogen-bond donors (Lipinski definition) is 2. The smallest absolute Gasteiger partial charge is 0.387 e. The van der Waals surface area contributed by atoms with Gasteiger partial charge in [-0.3, -0.25) is 4.99 Å².